The van der Waals surface area contributed by atoms with E-state index in [0.29, 0.717) is 35.3 Å². The molecule has 1 aromatic carbocycles. The van der Waals surface area contributed by atoms with Crippen LogP contribution in [-0.2, 0) is 10.0 Å². The number of hydrogen-bond acceptors (Lipinski definition) is 8. The number of nitrogens with one attached hydrogen (secondary N) is 3. The highest BCUT2D eigenvalue weighted by atomic mass is 32.2. The Hall–Kier alpha value is -3.49. The Labute approximate surface area is 164 Å². The van der Waals surface area contributed by atoms with Gasteiger partial charge in [0.2, 0.25) is 10.0 Å². The minimum Gasteiger partial charge on any atom is -0.380 e. The fourth-order valence-electron chi connectivity index (χ4n) is 3.57. The third-order valence-corrected chi connectivity index (χ3v) is 6.61. The minimum absolute atomic E-state index is 0.0415. The molecule has 146 valence electrons. The van der Waals surface area contributed by atoms with Crippen molar-refractivity contribution in [3.05, 3.63) is 42.2 Å². The molecule has 1 aliphatic rings. The molecule has 11 heteroatoms. The monoisotopic (exact) mass is 409 g/mol. The van der Waals surface area contributed by atoms with E-state index >= 15 is 0 Å². The molecule has 3 N–H and O–H groups in total. The van der Waals surface area contributed by atoms with E-state index in [-0.39, 0.29) is 22.5 Å². The molecule has 0 amide bonds. The molecule has 0 bridgehead atoms. The van der Waals surface area contributed by atoms with Crippen LogP contribution in [0.4, 0.5) is 5.69 Å². The van der Waals surface area contributed by atoms with Crippen LogP contribution in [0.3, 0.4) is 0 Å². The van der Waals surface area contributed by atoms with Crippen molar-refractivity contribution in [1.29, 1.82) is 5.26 Å². The van der Waals surface area contributed by atoms with E-state index in [4.69, 9.17) is 0 Å². The SMILES string of the molecule is N#Cc1cnc2[nH]ccc2c1NC1CC(NS(=O)(=O)c2cccc3nonc23)C1. The van der Waals surface area contributed by atoms with Crippen LogP contribution in [0.2, 0.25) is 0 Å². The number of sulfonamides is 1. The number of aromatic nitrogens is 4. The maximum absolute atomic E-state index is 12.8. The molecule has 0 spiro atoms. The maximum atomic E-state index is 12.8. The van der Waals surface area contributed by atoms with Gasteiger partial charge in [0.1, 0.15) is 22.1 Å². The quantitative estimate of drug-likeness (QED) is 0.452. The van der Waals surface area contributed by atoms with Gasteiger partial charge in [0.05, 0.1) is 11.3 Å². The van der Waals surface area contributed by atoms with Crippen LogP contribution in [-0.4, -0.2) is 40.8 Å². The number of nitriles is 1. The lowest BCUT2D eigenvalue weighted by Gasteiger charge is -2.37. The summed E-state index contributed by atoms with van der Waals surface area (Å²) < 4.78 is 32.9. The zero-order chi connectivity index (χ0) is 20.0. The lowest BCUT2D eigenvalue weighted by Crippen LogP contribution is -2.49. The molecule has 0 aliphatic heterocycles. The Balaban J connectivity index is 1.30. The molecule has 3 heterocycles. The molecule has 0 atom stereocenters. The summed E-state index contributed by atoms with van der Waals surface area (Å²) in [5.74, 6) is 0. The number of aromatic amines is 1. The Morgan fingerprint density at radius 3 is 2.90 bits per heavy atom. The van der Waals surface area contributed by atoms with Gasteiger partial charge < -0.3 is 10.3 Å². The van der Waals surface area contributed by atoms with Crippen molar-refractivity contribution < 1.29 is 13.0 Å². The van der Waals surface area contributed by atoms with Gasteiger partial charge in [-0.25, -0.2) is 22.8 Å². The van der Waals surface area contributed by atoms with Gasteiger partial charge in [-0.2, -0.15) is 5.26 Å². The van der Waals surface area contributed by atoms with Crippen molar-refractivity contribution in [2.75, 3.05) is 5.32 Å². The van der Waals surface area contributed by atoms with E-state index < -0.39 is 10.0 Å². The van der Waals surface area contributed by atoms with Crippen LogP contribution in [0.5, 0.6) is 0 Å². The summed E-state index contributed by atoms with van der Waals surface area (Å²) in [5, 5.41) is 20.9. The van der Waals surface area contributed by atoms with Gasteiger partial charge >= 0.3 is 0 Å². The van der Waals surface area contributed by atoms with Gasteiger partial charge in [-0.15, -0.1) is 0 Å². The zero-order valence-corrected chi connectivity index (χ0v) is 15.8. The third kappa shape index (κ3) is 2.98. The van der Waals surface area contributed by atoms with Gasteiger partial charge in [-0.1, -0.05) is 6.07 Å². The topological polar surface area (TPSA) is 150 Å². The number of anilines is 1. The summed E-state index contributed by atoms with van der Waals surface area (Å²) >= 11 is 0. The lowest BCUT2D eigenvalue weighted by atomic mass is 9.87. The number of benzene rings is 1. The number of hydrogen-bond donors (Lipinski definition) is 3. The Bertz CT molecular complexity index is 1360. The first-order valence-electron chi connectivity index (χ1n) is 8.91. The van der Waals surface area contributed by atoms with Crippen LogP contribution in [0.15, 0.2) is 46.2 Å². The molecule has 5 rings (SSSR count). The van der Waals surface area contributed by atoms with E-state index in [0.717, 1.165) is 5.39 Å². The van der Waals surface area contributed by atoms with E-state index in [9.17, 15) is 13.7 Å². The standard InChI is InChI=1S/C18H15N7O3S/c19-8-10-9-21-18-13(4-5-20-18)16(10)22-11-6-12(7-11)25-29(26,27)15-3-1-2-14-17(15)24-28-23-14/h1-5,9,11-12,25H,6-7H2,(H2,20,21,22). The molecule has 1 aliphatic carbocycles. The van der Waals surface area contributed by atoms with Crippen LogP contribution in [0, 0.1) is 11.3 Å². The van der Waals surface area contributed by atoms with Crippen LogP contribution >= 0.6 is 0 Å². The summed E-state index contributed by atoms with van der Waals surface area (Å²) in [6, 6.07) is 8.53. The molecule has 0 unspecified atom stereocenters. The average Bonchev–Trinajstić information content (AvgIpc) is 3.34. The number of H-pyrrole nitrogens is 1. The highest BCUT2D eigenvalue weighted by Gasteiger charge is 2.34. The Morgan fingerprint density at radius 1 is 1.21 bits per heavy atom. The maximum Gasteiger partial charge on any atom is 0.243 e. The summed E-state index contributed by atoms with van der Waals surface area (Å²) in [6.45, 7) is 0. The second-order valence-electron chi connectivity index (χ2n) is 6.92. The second-order valence-corrected chi connectivity index (χ2v) is 8.60. The highest BCUT2D eigenvalue weighted by molar-refractivity contribution is 7.89. The minimum atomic E-state index is -3.76. The van der Waals surface area contributed by atoms with E-state index in [1.807, 2.05) is 6.07 Å². The third-order valence-electron chi connectivity index (χ3n) is 5.05. The van der Waals surface area contributed by atoms with E-state index in [2.05, 4.69) is 41.0 Å². The van der Waals surface area contributed by atoms with Crippen molar-refractivity contribution in [3.8, 4) is 6.07 Å². The predicted molar refractivity (Wildman–Crippen MR) is 103 cm³/mol. The van der Waals surface area contributed by atoms with Gasteiger partial charge in [-0.05, 0) is 41.4 Å². The molecule has 4 aromatic rings. The summed E-state index contributed by atoms with van der Waals surface area (Å²) in [5.41, 5.74) is 2.45. The summed E-state index contributed by atoms with van der Waals surface area (Å²) in [6.07, 6.45) is 4.46. The largest absolute Gasteiger partial charge is 0.380 e. The van der Waals surface area contributed by atoms with E-state index in [1.165, 1.54) is 12.3 Å². The van der Waals surface area contributed by atoms with Crippen LogP contribution < -0.4 is 10.0 Å². The molecule has 0 radical (unpaired) electrons. The van der Waals surface area contributed by atoms with Crippen LogP contribution in [0.1, 0.15) is 18.4 Å². The van der Waals surface area contributed by atoms with Gasteiger partial charge in [0.25, 0.3) is 0 Å². The number of rotatable bonds is 5. The summed E-state index contributed by atoms with van der Waals surface area (Å²) in [4.78, 5) is 7.28. The van der Waals surface area contributed by atoms with Crippen LogP contribution in [0.25, 0.3) is 22.1 Å². The fourth-order valence-corrected chi connectivity index (χ4v) is 4.98. The Morgan fingerprint density at radius 2 is 2.07 bits per heavy atom. The molecule has 3 aromatic heterocycles. The first kappa shape index (κ1) is 17.6. The lowest BCUT2D eigenvalue weighted by molar-refractivity contribution is 0.315. The number of pyridine rings is 1. The molecular formula is C18H15N7O3S. The summed E-state index contributed by atoms with van der Waals surface area (Å²) in [7, 11) is -3.76. The second kappa shape index (κ2) is 6.54. The highest BCUT2D eigenvalue weighted by Crippen LogP contribution is 2.31. The van der Waals surface area contributed by atoms with Crippen molar-refractivity contribution in [3.63, 3.8) is 0 Å². The zero-order valence-electron chi connectivity index (χ0n) is 15.0. The van der Waals surface area contributed by atoms with Crippen molar-refractivity contribution >= 4 is 37.8 Å². The van der Waals surface area contributed by atoms with Gasteiger partial charge in [-0.3, -0.25) is 0 Å². The molecular weight excluding hydrogens is 394 g/mol. The molecule has 10 nitrogen and oxygen atoms in total. The molecule has 0 saturated heterocycles. The number of fused-ring (bicyclic) bond motifs is 2. The van der Waals surface area contributed by atoms with Crippen molar-refractivity contribution in [1.82, 2.24) is 25.0 Å². The van der Waals surface area contributed by atoms with Gasteiger partial charge in [0, 0.05) is 29.9 Å². The van der Waals surface area contributed by atoms with Crippen molar-refractivity contribution in [2.24, 2.45) is 0 Å². The first-order chi connectivity index (χ1) is 14.0. The normalized spacial score (nSPS) is 19.1. The molecule has 1 fully saturated rings. The van der Waals surface area contributed by atoms with Crippen molar-refractivity contribution in [2.45, 2.75) is 29.8 Å². The smallest absolute Gasteiger partial charge is 0.243 e. The molecule has 1 saturated carbocycles. The fraction of sp³-hybridized carbons (Fsp3) is 0.222. The molecule has 29 heavy (non-hydrogen) atoms. The van der Waals surface area contributed by atoms with E-state index in [1.54, 1.807) is 18.3 Å². The number of nitrogens with zero attached hydrogens (tertiary/aromatic N) is 4. The van der Waals surface area contributed by atoms with Gasteiger partial charge in [0.15, 0.2) is 5.52 Å². The average molecular weight is 409 g/mol. The predicted octanol–water partition coefficient (Wildman–Crippen LogP) is 1.89. The Kier molecular flexibility index (Phi) is 3.97. The first-order valence-corrected chi connectivity index (χ1v) is 10.4.